The van der Waals surface area contributed by atoms with Crippen LogP contribution in [0, 0.1) is 5.82 Å². The van der Waals surface area contributed by atoms with E-state index in [1.165, 1.54) is 12.1 Å². The number of fused-ring (bicyclic) bond motifs is 1. The standard InChI is InChI=1S/C28H23FN4O3S/c29-21-5-9-23(10-6-21)32-17-26(19-2-7-24(8-3-19)33-14-1-13-30-33)25-11-4-20(16-27(25)32)28(34)31-22-12-15-37(35,36)18-22/h1-11,13-14,16-17,22H,12,15,18H2,(H,31,34). The highest BCUT2D eigenvalue weighted by atomic mass is 32.2. The van der Waals surface area contributed by atoms with Gasteiger partial charge >= 0.3 is 0 Å². The molecule has 0 saturated carbocycles. The second kappa shape index (κ2) is 9.01. The van der Waals surface area contributed by atoms with Crippen molar-refractivity contribution in [3.8, 4) is 22.5 Å². The number of nitrogens with one attached hydrogen (secondary N) is 1. The molecule has 1 aliphatic rings. The minimum Gasteiger partial charge on any atom is -0.348 e. The van der Waals surface area contributed by atoms with E-state index in [0.717, 1.165) is 33.4 Å². The van der Waals surface area contributed by atoms with Gasteiger partial charge in [0.25, 0.3) is 5.91 Å². The van der Waals surface area contributed by atoms with Gasteiger partial charge in [0.2, 0.25) is 0 Å². The van der Waals surface area contributed by atoms with Crippen LogP contribution in [0.15, 0.2) is 91.4 Å². The van der Waals surface area contributed by atoms with Crippen LogP contribution in [0.2, 0.25) is 0 Å². The average Bonchev–Trinajstić information content (AvgIpc) is 3.63. The maximum absolute atomic E-state index is 13.6. The van der Waals surface area contributed by atoms with Crippen molar-refractivity contribution >= 4 is 26.6 Å². The summed E-state index contributed by atoms with van der Waals surface area (Å²) in [5, 5.41) is 8.05. The molecule has 0 aliphatic carbocycles. The Hall–Kier alpha value is -4.24. The number of carbonyl (C=O) groups excluding carboxylic acids is 1. The third-order valence-corrected chi connectivity index (χ3v) is 8.46. The van der Waals surface area contributed by atoms with Gasteiger partial charge in [0.05, 0.1) is 22.7 Å². The fourth-order valence-corrected chi connectivity index (χ4v) is 6.48. The molecule has 1 amide bonds. The Bertz CT molecular complexity index is 1710. The van der Waals surface area contributed by atoms with E-state index in [4.69, 9.17) is 0 Å². The van der Waals surface area contributed by atoms with Crippen molar-refractivity contribution in [2.45, 2.75) is 12.5 Å². The second-order valence-electron chi connectivity index (χ2n) is 9.19. The van der Waals surface area contributed by atoms with Crippen LogP contribution in [0.4, 0.5) is 4.39 Å². The summed E-state index contributed by atoms with van der Waals surface area (Å²) in [4.78, 5) is 13.0. The van der Waals surface area contributed by atoms with Crippen molar-refractivity contribution in [3.05, 3.63) is 103 Å². The quantitative estimate of drug-likeness (QED) is 0.373. The zero-order valence-corrected chi connectivity index (χ0v) is 20.5. The highest BCUT2D eigenvalue weighted by molar-refractivity contribution is 7.91. The Balaban J connectivity index is 1.41. The Morgan fingerprint density at radius 1 is 1.00 bits per heavy atom. The molecule has 1 saturated heterocycles. The van der Waals surface area contributed by atoms with Gasteiger partial charge in [-0.1, -0.05) is 18.2 Å². The Morgan fingerprint density at radius 3 is 2.43 bits per heavy atom. The van der Waals surface area contributed by atoms with Crippen LogP contribution in [0.25, 0.3) is 33.4 Å². The van der Waals surface area contributed by atoms with Crippen LogP contribution in [0.1, 0.15) is 16.8 Å². The highest BCUT2D eigenvalue weighted by Crippen LogP contribution is 2.34. The molecule has 186 valence electrons. The van der Waals surface area contributed by atoms with Crippen molar-refractivity contribution in [1.29, 1.82) is 0 Å². The lowest BCUT2D eigenvalue weighted by atomic mass is 10.0. The topological polar surface area (TPSA) is 86.0 Å². The van der Waals surface area contributed by atoms with Crippen LogP contribution in [0.3, 0.4) is 0 Å². The summed E-state index contributed by atoms with van der Waals surface area (Å²) < 4.78 is 41.0. The largest absolute Gasteiger partial charge is 0.348 e. The number of halogens is 1. The first-order valence-electron chi connectivity index (χ1n) is 11.9. The number of hydrogen-bond acceptors (Lipinski definition) is 4. The first kappa shape index (κ1) is 23.2. The first-order valence-corrected chi connectivity index (χ1v) is 13.7. The molecule has 0 spiro atoms. The molecule has 6 rings (SSSR count). The predicted molar refractivity (Wildman–Crippen MR) is 140 cm³/mol. The Kier molecular flexibility index (Phi) is 5.64. The predicted octanol–water partition coefficient (Wildman–Crippen LogP) is 4.54. The van der Waals surface area contributed by atoms with Crippen molar-refractivity contribution in [3.63, 3.8) is 0 Å². The fraction of sp³-hybridized carbons (Fsp3) is 0.143. The van der Waals surface area contributed by atoms with E-state index in [0.29, 0.717) is 12.0 Å². The van der Waals surface area contributed by atoms with Gasteiger partial charge in [-0.25, -0.2) is 17.5 Å². The molecule has 2 aromatic heterocycles. The van der Waals surface area contributed by atoms with Gasteiger partial charge in [-0.3, -0.25) is 4.79 Å². The summed E-state index contributed by atoms with van der Waals surface area (Å²) in [6, 6.07) is 21.1. The SMILES string of the molecule is O=C(NC1CCS(=O)(=O)C1)c1ccc2c(-c3ccc(-n4cccn4)cc3)cn(-c3ccc(F)cc3)c2c1. The van der Waals surface area contributed by atoms with Crippen molar-refractivity contribution < 1.29 is 17.6 Å². The van der Waals surface area contributed by atoms with Gasteiger partial charge in [0.1, 0.15) is 5.82 Å². The lowest BCUT2D eigenvalue weighted by Crippen LogP contribution is -2.35. The number of nitrogens with zero attached hydrogens (tertiary/aromatic N) is 3. The Labute approximate surface area is 213 Å². The minimum absolute atomic E-state index is 0.0361. The van der Waals surface area contributed by atoms with Gasteiger partial charge in [0, 0.05) is 46.8 Å². The zero-order valence-electron chi connectivity index (χ0n) is 19.7. The molecule has 3 aromatic carbocycles. The number of amides is 1. The van der Waals surface area contributed by atoms with E-state index in [1.54, 1.807) is 35.1 Å². The Morgan fingerprint density at radius 2 is 1.76 bits per heavy atom. The van der Waals surface area contributed by atoms with Gasteiger partial charge in [-0.05, 0) is 66.6 Å². The molecule has 1 aliphatic heterocycles. The number of benzene rings is 3. The smallest absolute Gasteiger partial charge is 0.251 e. The molecule has 0 bridgehead atoms. The van der Waals surface area contributed by atoms with Crippen LogP contribution >= 0.6 is 0 Å². The molecule has 1 unspecified atom stereocenters. The fourth-order valence-electron chi connectivity index (χ4n) is 4.81. The van der Waals surface area contributed by atoms with Crippen LogP contribution < -0.4 is 5.32 Å². The molecular formula is C28H23FN4O3S. The summed E-state index contributed by atoms with van der Waals surface area (Å²) in [6.07, 6.45) is 6.00. The molecule has 1 N–H and O–H groups in total. The number of hydrogen-bond donors (Lipinski definition) is 1. The zero-order chi connectivity index (χ0) is 25.6. The number of sulfone groups is 1. The molecule has 3 heterocycles. The summed E-state index contributed by atoms with van der Waals surface area (Å²) in [5.41, 5.74) is 4.84. The first-order chi connectivity index (χ1) is 17.9. The van der Waals surface area contributed by atoms with E-state index in [-0.39, 0.29) is 29.3 Å². The van der Waals surface area contributed by atoms with Crippen LogP contribution in [-0.2, 0) is 9.84 Å². The number of carbonyl (C=O) groups is 1. The van der Waals surface area contributed by atoms with Gasteiger partial charge < -0.3 is 9.88 Å². The van der Waals surface area contributed by atoms with E-state index < -0.39 is 9.84 Å². The molecule has 7 nitrogen and oxygen atoms in total. The van der Waals surface area contributed by atoms with E-state index in [2.05, 4.69) is 10.4 Å². The van der Waals surface area contributed by atoms with Crippen molar-refractivity contribution in [2.24, 2.45) is 0 Å². The molecule has 1 fully saturated rings. The maximum Gasteiger partial charge on any atom is 0.251 e. The summed E-state index contributed by atoms with van der Waals surface area (Å²) >= 11 is 0. The third kappa shape index (κ3) is 4.53. The van der Waals surface area contributed by atoms with Crippen LogP contribution in [-0.4, -0.2) is 46.2 Å². The number of aromatic nitrogens is 3. The highest BCUT2D eigenvalue weighted by Gasteiger charge is 2.29. The summed E-state index contributed by atoms with van der Waals surface area (Å²) in [7, 11) is -3.10. The summed E-state index contributed by atoms with van der Waals surface area (Å²) in [5.74, 6) is -0.597. The molecule has 37 heavy (non-hydrogen) atoms. The molecule has 9 heteroatoms. The minimum atomic E-state index is -3.10. The molecule has 1 atom stereocenters. The van der Waals surface area contributed by atoms with Gasteiger partial charge in [-0.2, -0.15) is 5.10 Å². The second-order valence-corrected chi connectivity index (χ2v) is 11.4. The lowest BCUT2D eigenvalue weighted by Gasteiger charge is -2.12. The maximum atomic E-state index is 13.6. The number of rotatable bonds is 5. The van der Waals surface area contributed by atoms with Crippen molar-refractivity contribution in [1.82, 2.24) is 19.7 Å². The van der Waals surface area contributed by atoms with E-state index in [1.807, 2.05) is 53.4 Å². The van der Waals surface area contributed by atoms with Gasteiger partial charge in [0.15, 0.2) is 9.84 Å². The lowest BCUT2D eigenvalue weighted by molar-refractivity contribution is 0.0941. The summed E-state index contributed by atoms with van der Waals surface area (Å²) in [6.45, 7) is 0. The normalized spacial score (nSPS) is 16.7. The van der Waals surface area contributed by atoms with E-state index in [9.17, 15) is 17.6 Å². The molecule has 5 aromatic rings. The van der Waals surface area contributed by atoms with Gasteiger partial charge in [-0.15, -0.1) is 0 Å². The third-order valence-electron chi connectivity index (χ3n) is 6.69. The molecule has 0 radical (unpaired) electrons. The van der Waals surface area contributed by atoms with Crippen LogP contribution in [0.5, 0.6) is 0 Å². The molecular weight excluding hydrogens is 491 g/mol. The monoisotopic (exact) mass is 514 g/mol. The van der Waals surface area contributed by atoms with E-state index >= 15 is 0 Å². The van der Waals surface area contributed by atoms with Crippen molar-refractivity contribution in [2.75, 3.05) is 11.5 Å². The average molecular weight is 515 g/mol.